The molecule has 1 aliphatic rings. The van der Waals surface area contributed by atoms with Crippen LogP contribution in [0.4, 0.5) is 10.5 Å². The van der Waals surface area contributed by atoms with E-state index in [9.17, 15) is 14.9 Å². The zero-order valence-corrected chi connectivity index (χ0v) is 15.7. The first-order valence-corrected chi connectivity index (χ1v) is 9.07. The highest BCUT2D eigenvalue weighted by Gasteiger charge is 2.23. The van der Waals surface area contributed by atoms with Gasteiger partial charge in [0, 0.05) is 18.7 Å². The normalized spacial score (nSPS) is 20.3. The molecule has 2 rings (SSSR count). The van der Waals surface area contributed by atoms with Gasteiger partial charge in [-0.05, 0) is 70.4 Å². The standard InChI is InChI=1S/C19H28N2O5/c1-19(2,3)26-18(22)20-12-14-4-6-15(7-5-14)13-25-17-10-8-16(9-11-17)21(23)24/h8-11,14-15H,4-7,12-13H2,1-3H3,(H,20,22). The van der Waals surface area contributed by atoms with Crippen LogP contribution in [0.2, 0.25) is 0 Å². The van der Waals surface area contributed by atoms with Gasteiger partial charge in [-0.2, -0.15) is 0 Å². The van der Waals surface area contributed by atoms with E-state index < -0.39 is 10.5 Å². The van der Waals surface area contributed by atoms with Crippen molar-refractivity contribution in [3.63, 3.8) is 0 Å². The molecule has 1 aromatic carbocycles. The molecule has 1 aromatic rings. The van der Waals surface area contributed by atoms with E-state index in [1.807, 2.05) is 20.8 Å². The minimum atomic E-state index is -0.475. The van der Waals surface area contributed by atoms with E-state index in [0.717, 1.165) is 25.7 Å². The van der Waals surface area contributed by atoms with Gasteiger partial charge in [0.15, 0.2) is 0 Å². The lowest BCUT2D eigenvalue weighted by atomic mass is 9.82. The number of rotatable bonds is 6. The lowest BCUT2D eigenvalue weighted by molar-refractivity contribution is -0.384. The van der Waals surface area contributed by atoms with Crippen LogP contribution >= 0.6 is 0 Å². The number of nitro groups is 1. The van der Waals surface area contributed by atoms with Gasteiger partial charge in [-0.1, -0.05) is 0 Å². The smallest absolute Gasteiger partial charge is 0.407 e. The number of nitro benzene ring substituents is 1. The monoisotopic (exact) mass is 364 g/mol. The minimum Gasteiger partial charge on any atom is -0.493 e. The second kappa shape index (κ2) is 8.87. The molecule has 7 heteroatoms. The average molecular weight is 364 g/mol. The first-order valence-electron chi connectivity index (χ1n) is 9.07. The second-order valence-electron chi connectivity index (χ2n) is 7.83. The summed E-state index contributed by atoms with van der Waals surface area (Å²) < 4.78 is 11.0. The predicted molar refractivity (Wildman–Crippen MR) is 98.3 cm³/mol. The van der Waals surface area contributed by atoms with Gasteiger partial charge in [-0.25, -0.2) is 4.79 Å². The molecule has 0 aromatic heterocycles. The summed E-state index contributed by atoms with van der Waals surface area (Å²) in [5.74, 6) is 1.60. The summed E-state index contributed by atoms with van der Waals surface area (Å²) in [5, 5.41) is 13.5. The fraction of sp³-hybridized carbons (Fsp3) is 0.632. The highest BCUT2D eigenvalue weighted by Crippen LogP contribution is 2.29. The Kier molecular flexibility index (Phi) is 6.83. The third-order valence-corrected chi connectivity index (χ3v) is 4.43. The average Bonchev–Trinajstić information content (AvgIpc) is 2.58. The van der Waals surface area contributed by atoms with Crippen LogP contribution in [0.3, 0.4) is 0 Å². The SMILES string of the molecule is CC(C)(C)OC(=O)NCC1CCC(COc2ccc([N+](=O)[O-])cc2)CC1. The molecule has 1 aliphatic carbocycles. The minimum absolute atomic E-state index is 0.0651. The van der Waals surface area contributed by atoms with Crippen LogP contribution in [0.1, 0.15) is 46.5 Å². The van der Waals surface area contributed by atoms with E-state index in [4.69, 9.17) is 9.47 Å². The maximum Gasteiger partial charge on any atom is 0.407 e. The number of nitrogens with zero attached hydrogens (tertiary/aromatic N) is 1. The molecule has 1 amide bonds. The Hall–Kier alpha value is -2.31. The van der Waals surface area contributed by atoms with Crippen molar-refractivity contribution in [2.45, 2.75) is 52.1 Å². The fourth-order valence-corrected chi connectivity index (χ4v) is 3.02. The Balaban J connectivity index is 1.65. The molecular formula is C19H28N2O5. The maximum absolute atomic E-state index is 11.7. The van der Waals surface area contributed by atoms with E-state index in [-0.39, 0.29) is 11.8 Å². The van der Waals surface area contributed by atoms with Gasteiger partial charge < -0.3 is 14.8 Å². The molecule has 7 nitrogen and oxygen atoms in total. The Labute approximate surface area is 154 Å². The van der Waals surface area contributed by atoms with E-state index in [1.54, 1.807) is 12.1 Å². The van der Waals surface area contributed by atoms with Crippen LogP contribution in [0.15, 0.2) is 24.3 Å². The number of non-ortho nitro benzene ring substituents is 1. The Morgan fingerprint density at radius 1 is 1.15 bits per heavy atom. The molecule has 0 unspecified atom stereocenters. The summed E-state index contributed by atoms with van der Waals surface area (Å²) in [6.07, 6.45) is 3.83. The molecule has 1 N–H and O–H groups in total. The van der Waals surface area contributed by atoms with Crippen LogP contribution < -0.4 is 10.1 Å². The number of carbonyl (C=O) groups is 1. The van der Waals surface area contributed by atoms with Gasteiger partial charge >= 0.3 is 6.09 Å². The number of carbonyl (C=O) groups excluding carboxylic acids is 1. The zero-order valence-electron chi connectivity index (χ0n) is 15.7. The molecule has 144 valence electrons. The highest BCUT2D eigenvalue weighted by molar-refractivity contribution is 5.67. The summed E-state index contributed by atoms with van der Waals surface area (Å²) in [6, 6.07) is 6.17. The van der Waals surface area contributed by atoms with Crippen molar-refractivity contribution in [2.75, 3.05) is 13.2 Å². The van der Waals surface area contributed by atoms with Crippen LogP contribution in [0.5, 0.6) is 5.75 Å². The maximum atomic E-state index is 11.7. The van der Waals surface area contributed by atoms with Crippen molar-refractivity contribution in [3.05, 3.63) is 34.4 Å². The summed E-state index contributed by atoms with van der Waals surface area (Å²) in [5.41, 5.74) is -0.410. The molecule has 0 aliphatic heterocycles. The summed E-state index contributed by atoms with van der Waals surface area (Å²) >= 11 is 0. The molecule has 1 saturated carbocycles. The van der Waals surface area contributed by atoms with Crippen molar-refractivity contribution in [3.8, 4) is 5.75 Å². The topological polar surface area (TPSA) is 90.7 Å². The van der Waals surface area contributed by atoms with Crippen molar-refractivity contribution < 1.29 is 19.2 Å². The Morgan fingerprint density at radius 2 is 1.73 bits per heavy atom. The third kappa shape index (κ3) is 6.90. The summed E-state index contributed by atoms with van der Waals surface area (Å²) in [6.45, 7) is 6.81. The van der Waals surface area contributed by atoms with Crippen LogP contribution in [0, 0.1) is 22.0 Å². The first kappa shape index (κ1) is 20.0. The van der Waals surface area contributed by atoms with Gasteiger partial charge in [-0.3, -0.25) is 10.1 Å². The molecule has 26 heavy (non-hydrogen) atoms. The number of amides is 1. The lowest BCUT2D eigenvalue weighted by Gasteiger charge is -2.29. The highest BCUT2D eigenvalue weighted by atomic mass is 16.6. The van der Waals surface area contributed by atoms with Gasteiger partial charge in [0.2, 0.25) is 0 Å². The number of hydrogen-bond donors (Lipinski definition) is 1. The van der Waals surface area contributed by atoms with Crippen molar-refractivity contribution in [1.82, 2.24) is 5.32 Å². The number of hydrogen-bond acceptors (Lipinski definition) is 5. The van der Waals surface area contributed by atoms with Gasteiger partial charge in [0.1, 0.15) is 11.4 Å². The summed E-state index contributed by atoms with van der Waals surface area (Å²) in [7, 11) is 0. The zero-order chi connectivity index (χ0) is 19.2. The van der Waals surface area contributed by atoms with Gasteiger partial charge in [-0.15, -0.1) is 0 Å². The molecule has 1 fully saturated rings. The van der Waals surface area contributed by atoms with E-state index >= 15 is 0 Å². The summed E-state index contributed by atoms with van der Waals surface area (Å²) in [4.78, 5) is 21.9. The molecule has 0 heterocycles. The molecule has 0 bridgehead atoms. The van der Waals surface area contributed by atoms with Gasteiger partial charge in [0.25, 0.3) is 5.69 Å². The molecule has 0 radical (unpaired) electrons. The van der Waals surface area contributed by atoms with E-state index in [0.29, 0.717) is 30.7 Å². The van der Waals surface area contributed by atoms with Crippen LogP contribution in [-0.2, 0) is 4.74 Å². The molecule has 0 spiro atoms. The quantitative estimate of drug-likeness (QED) is 0.600. The largest absolute Gasteiger partial charge is 0.493 e. The predicted octanol–water partition coefficient (Wildman–Crippen LogP) is 4.30. The number of ether oxygens (including phenoxy) is 2. The molecule has 0 saturated heterocycles. The lowest BCUT2D eigenvalue weighted by Crippen LogP contribution is -2.36. The van der Waals surface area contributed by atoms with Crippen molar-refractivity contribution in [2.24, 2.45) is 11.8 Å². The van der Waals surface area contributed by atoms with Crippen LogP contribution in [-0.4, -0.2) is 29.8 Å². The Morgan fingerprint density at radius 3 is 2.27 bits per heavy atom. The van der Waals surface area contributed by atoms with Crippen molar-refractivity contribution >= 4 is 11.8 Å². The van der Waals surface area contributed by atoms with E-state index in [1.165, 1.54) is 12.1 Å². The molecule has 0 atom stereocenters. The van der Waals surface area contributed by atoms with Crippen molar-refractivity contribution in [1.29, 1.82) is 0 Å². The van der Waals surface area contributed by atoms with Gasteiger partial charge in [0.05, 0.1) is 11.5 Å². The number of alkyl carbamates (subject to hydrolysis) is 1. The van der Waals surface area contributed by atoms with E-state index in [2.05, 4.69) is 5.32 Å². The number of benzene rings is 1. The molecular weight excluding hydrogens is 336 g/mol. The third-order valence-electron chi connectivity index (χ3n) is 4.43. The second-order valence-corrected chi connectivity index (χ2v) is 7.83. The Bertz CT molecular complexity index is 601. The fourth-order valence-electron chi connectivity index (χ4n) is 3.02. The first-order chi connectivity index (χ1) is 12.2. The number of nitrogens with one attached hydrogen (secondary N) is 1. The van der Waals surface area contributed by atoms with Crippen LogP contribution in [0.25, 0.3) is 0 Å².